The van der Waals surface area contributed by atoms with E-state index in [1.54, 1.807) is 0 Å². The first-order valence-electron chi connectivity index (χ1n) is 23.6. The molecule has 0 aromatic rings. The number of allylic oxidation sites excluding steroid dienone is 4. The molecule has 1 atom stereocenters. The number of esters is 2. The van der Waals surface area contributed by atoms with Crippen LogP contribution < -0.4 is 0 Å². The molecule has 0 aromatic heterocycles. The summed E-state index contributed by atoms with van der Waals surface area (Å²) in [5, 5.41) is 0. The molecule has 2 N–H and O–H groups in total. The van der Waals surface area contributed by atoms with Gasteiger partial charge in [0.2, 0.25) is 0 Å². The van der Waals surface area contributed by atoms with Crippen molar-refractivity contribution >= 4 is 19.8 Å². The molecular formula is C47H89O8P. The summed E-state index contributed by atoms with van der Waals surface area (Å²) in [7, 11) is -4.76. The second-order valence-corrected chi connectivity index (χ2v) is 17.3. The van der Waals surface area contributed by atoms with Gasteiger partial charge in [0.15, 0.2) is 6.10 Å². The Bertz CT molecular complexity index is 962. The minimum absolute atomic E-state index is 0.156. The minimum Gasteiger partial charge on any atom is -0.462 e. The summed E-state index contributed by atoms with van der Waals surface area (Å²) in [6.07, 6.45) is 50.6. The molecule has 0 saturated heterocycles. The fraction of sp³-hybridized carbons (Fsp3) is 0.872. The van der Waals surface area contributed by atoms with Gasteiger partial charge in [-0.1, -0.05) is 212 Å². The fourth-order valence-corrected chi connectivity index (χ4v) is 7.29. The highest BCUT2D eigenvalue weighted by Crippen LogP contribution is 2.36. The van der Waals surface area contributed by atoms with Crippen molar-refractivity contribution in [3.63, 3.8) is 0 Å². The third kappa shape index (κ3) is 45.2. The van der Waals surface area contributed by atoms with Gasteiger partial charge in [-0.3, -0.25) is 14.1 Å². The zero-order valence-corrected chi connectivity index (χ0v) is 37.4. The van der Waals surface area contributed by atoms with Crippen LogP contribution in [0.5, 0.6) is 0 Å². The Morgan fingerprint density at radius 3 is 1.20 bits per heavy atom. The van der Waals surface area contributed by atoms with Gasteiger partial charge < -0.3 is 19.3 Å². The van der Waals surface area contributed by atoms with Crippen LogP contribution in [0.25, 0.3) is 0 Å². The Labute approximate surface area is 345 Å². The highest BCUT2D eigenvalue weighted by Gasteiger charge is 2.22. The number of carbonyl (C=O) groups is 2. The van der Waals surface area contributed by atoms with Gasteiger partial charge in [0.25, 0.3) is 0 Å². The van der Waals surface area contributed by atoms with Gasteiger partial charge >= 0.3 is 19.8 Å². The average molecular weight is 813 g/mol. The molecule has 0 amide bonds. The molecule has 0 bridgehead atoms. The monoisotopic (exact) mass is 813 g/mol. The Balaban J connectivity index is 3.88. The number of hydrogen-bond donors (Lipinski definition) is 2. The predicted octanol–water partition coefficient (Wildman–Crippen LogP) is 14.7. The quantitative estimate of drug-likeness (QED) is 0.0270. The fourth-order valence-electron chi connectivity index (χ4n) is 6.92. The number of hydrogen-bond acceptors (Lipinski definition) is 6. The Hall–Kier alpha value is -1.47. The molecule has 9 heteroatoms. The van der Waals surface area contributed by atoms with E-state index < -0.39 is 32.5 Å². The van der Waals surface area contributed by atoms with Crippen molar-refractivity contribution in [2.24, 2.45) is 0 Å². The smallest absolute Gasteiger partial charge is 0.462 e. The molecule has 0 saturated carbocycles. The maximum atomic E-state index is 12.4. The van der Waals surface area contributed by atoms with E-state index in [9.17, 15) is 14.2 Å². The van der Waals surface area contributed by atoms with Gasteiger partial charge in [-0.25, -0.2) is 4.57 Å². The molecule has 56 heavy (non-hydrogen) atoms. The van der Waals surface area contributed by atoms with Crippen LogP contribution in [-0.4, -0.2) is 41.0 Å². The van der Waals surface area contributed by atoms with Gasteiger partial charge in [-0.2, -0.15) is 0 Å². The third-order valence-electron chi connectivity index (χ3n) is 10.5. The Morgan fingerprint density at radius 1 is 0.446 bits per heavy atom. The molecule has 0 fully saturated rings. The van der Waals surface area contributed by atoms with Crippen LogP contribution in [0.3, 0.4) is 0 Å². The van der Waals surface area contributed by atoms with E-state index in [1.165, 1.54) is 167 Å². The molecule has 0 aromatic carbocycles. The maximum Gasteiger partial charge on any atom is 0.469 e. The number of phosphoric acid groups is 1. The summed E-state index contributed by atoms with van der Waals surface area (Å²) in [6, 6.07) is 0. The van der Waals surface area contributed by atoms with Crippen LogP contribution in [-0.2, 0) is 28.2 Å². The molecule has 8 nitrogen and oxygen atoms in total. The second kappa shape index (κ2) is 43.1. The van der Waals surface area contributed by atoms with Crippen molar-refractivity contribution in [1.29, 1.82) is 0 Å². The lowest BCUT2D eigenvalue weighted by atomic mass is 10.0. The van der Waals surface area contributed by atoms with Crippen LogP contribution in [0, 0.1) is 0 Å². The molecule has 0 radical (unpaired) electrons. The van der Waals surface area contributed by atoms with E-state index in [4.69, 9.17) is 19.3 Å². The van der Waals surface area contributed by atoms with Gasteiger partial charge in [0.05, 0.1) is 6.61 Å². The molecule has 0 aliphatic heterocycles. The molecule has 0 aliphatic carbocycles. The van der Waals surface area contributed by atoms with Gasteiger partial charge in [0, 0.05) is 12.8 Å². The summed E-state index contributed by atoms with van der Waals surface area (Å²) in [6.45, 7) is 3.69. The van der Waals surface area contributed by atoms with Crippen molar-refractivity contribution in [3.8, 4) is 0 Å². The minimum atomic E-state index is -4.76. The van der Waals surface area contributed by atoms with Crippen molar-refractivity contribution in [2.45, 2.75) is 251 Å². The standard InChI is InChI=1S/C47H89O8P/c1-3-5-7-9-11-13-15-17-19-20-21-22-23-24-25-26-28-30-32-34-36-38-40-42-47(49)55-45(44-54-56(50,51)52)43-53-46(48)41-39-37-35-33-31-29-27-18-16-14-12-10-8-6-4-2/h26,28,34,36,45H,3-25,27,29-33,35,37-44H2,1-2H3,(H2,50,51,52)/b28-26+,36-34+/t45-/m1/s1. The number of phosphoric ester groups is 1. The second-order valence-electron chi connectivity index (χ2n) is 16.1. The number of rotatable bonds is 44. The molecule has 0 rings (SSSR count). The number of ether oxygens (including phenoxy) is 2. The molecule has 330 valence electrons. The molecule has 0 heterocycles. The molecule has 0 spiro atoms. The van der Waals surface area contributed by atoms with E-state index in [2.05, 4.69) is 42.7 Å². The lowest BCUT2D eigenvalue weighted by molar-refractivity contribution is -0.161. The van der Waals surface area contributed by atoms with Crippen LogP contribution in [0.15, 0.2) is 24.3 Å². The SMILES string of the molecule is CCCCCCCCCCCCCCCC/C=C/CC/C=C/CCCC(=O)O[C@H](COC(=O)CCCCCCCCCCCCCCCCC)COP(=O)(O)O. The van der Waals surface area contributed by atoms with Crippen LogP contribution >= 0.6 is 7.82 Å². The Kier molecular flexibility index (Phi) is 42.0. The summed E-state index contributed by atoms with van der Waals surface area (Å²) in [4.78, 5) is 42.9. The predicted molar refractivity (Wildman–Crippen MR) is 235 cm³/mol. The highest BCUT2D eigenvalue weighted by atomic mass is 31.2. The van der Waals surface area contributed by atoms with Crippen molar-refractivity contribution in [1.82, 2.24) is 0 Å². The van der Waals surface area contributed by atoms with E-state index in [0.29, 0.717) is 6.42 Å². The van der Waals surface area contributed by atoms with Gasteiger partial charge in [0.1, 0.15) is 6.61 Å². The van der Waals surface area contributed by atoms with Crippen LogP contribution in [0.4, 0.5) is 0 Å². The zero-order valence-electron chi connectivity index (χ0n) is 36.5. The van der Waals surface area contributed by atoms with E-state index in [0.717, 1.165) is 44.9 Å². The first kappa shape index (κ1) is 54.5. The number of carbonyl (C=O) groups excluding carboxylic acids is 2. The summed E-state index contributed by atoms with van der Waals surface area (Å²) in [5.74, 6) is -0.922. The number of unbranched alkanes of at least 4 members (excludes halogenated alkanes) is 30. The van der Waals surface area contributed by atoms with Gasteiger partial charge in [-0.15, -0.1) is 0 Å². The summed E-state index contributed by atoms with van der Waals surface area (Å²) in [5.41, 5.74) is 0. The zero-order chi connectivity index (χ0) is 41.1. The molecular weight excluding hydrogens is 723 g/mol. The van der Waals surface area contributed by atoms with Crippen molar-refractivity contribution < 1.29 is 37.9 Å². The first-order valence-corrected chi connectivity index (χ1v) is 25.2. The lowest BCUT2D eigenvalue weighted by Gasteiger charge is -2.18. The van der Waals surface area contributed by atoms with Crippen molar-refractivity contribution in [2.75, 3.05) is 13.2 Å². The van der Waals surface area contributed by atoms with Crippen molar-refractivity contribution in [3.05, 3.63) is 24.3 Å². The van der Waals surface area contributed by atoms with Gasteiger partial charge in [-0.05, 0) is 44.9 Å². The average Bonchev–Trinajstić information content (AvgIpc) is 3.17. The maximum absolute atomic E-state index is 12.4. The van der Waals surface area contributed by atoms with E-state index >= 15 is 0 Å². The van der Waals surface area contributed by atoms with Crippen LogP contribution in [0.2, 0.25) is 0 Å². The lowest BCUT2D eigenvalue weighted by Crippen LogP contribution is -2.29. The largest absolute Gasteiger partial charge is 0.469 e. The normalized spacial score (nSPS) is 12.6. The summed E-state index contributed by atoms with van der Waals surface area (Å²) < 4.78 is 26.4. The topological polar surface area (TPSA) is 119 Å². The summed E-state index contributed by atoms with van der Waals surface area (Å²) >= 11 is 0. The van der Waals surface area contributed by atoms with Crippen LogP contribution in [0.1, 0.15) is 245 Å². The molecule has 0 aliphatic rings. The molecule has 0 unspecified atom stereocenters. The highest BCUT2D eigenvalue weighted by molar-refractivity contribution is 7.46. The third-order valence-corrected chi connectivity index (χ3v) is 10.9. The Morgan fingerprint density at radius 2 is 0.786 bits per heavy atom. The van der Waals surface area contributed by atoms with E-state index in [1.807, 2.05) is 0 Å². The van der Waals surface area contributed by atoms with E-state index in [-0.39, 0.29) is 19.4 Å². The first-order chi connectivity index (χ1) is 27.3.